The molecule has 1 aliphatic rings. The van der Waals surface area contributed by atoms with Gasteiger partial charge in [-0.05, 0) is 35.0 Å². The van der Waals surface area contributed by atoms with Crippen LogP contribution in [0, 0.1) is 0 Å². The first kappa shape index (κ1) is 13.7. The third kappa shape index (κ3) is 3.07. The van der Waals surface area contributed by atoms with Crippen LogP contribution >= 0.6 is 0 Å². The average Bonchev–Trinajstić information content (AvgIpc) is 3.09. The molecular formula is C12H13N5O3S. The van der Waals surface area contributed by atoms with Gasteiger partial charge in [0.25, 0.3) is 5.91 Å². The summed E-state index contributed by atoms with van der Waals surface area (Å²) < 4.78 is 24.2. The second kappa shape index (κ2) is 5.24. The molecule has 1 unspecified atom stereocenters. The summed E-state index contributed by atoms with van der Waals surface area (Å²) in [5.41, 5.74) is 1.10. The molecule has 1 N–H and O–H groups in total. The first-order valence-corrected chi connectivity index (χ1v) is 8.20. The van der Waals surface area contributed by atoms with Gasteiger partial charge in [-0.2, -0.15) is 0 Å². The van der Waals surface area contributed by atoms with E-state index in [-0.39, 0.29) is 23.5 Å². The Morgan fingerprint density at radius 1 is 1.38 bits per heavy atom. The Labute approximate surface area is 121 Å². The summed E-state index contributed by atoms with van der Waals surface area (Å²) in [6.45, 7) is 0. The van der Waals surface area contributed by atoms with Crippen LogP contribution in [-0.4, -0.2) is 52.1 Å². The minimum Gasteiger partial charge on any atom is -0.348 e. The van der Waals surface area contributed by atoms with Crippen LogP contribution in [0.5, 0.6) is 0 Å². The minimum atomic E-state index is -3.01. The Morgan fingerprint density at radius 2 is 2.24 bits per heavy atom. The first-order chi connectivity index (χ1) is 10.0. The third-order valence-electron chi connectivity index (χ3n) is 3.29. The maximum absolute atomic E-state index is 12.2. The quantitative estimate of drug-likeness (QED) is 0.825. The van der Waals surface area contributed by atoms with Gasteiger partial charge in [0.15, 0.2) is 9.84 Å². The van der Waals surface area contributed by atoms with E-state index >= 15 is 0 Å². The molecule has 0 spiro atoms. The molecule has 0 saturated carbocycles. The maximum Gasteiger partial charge on any atom is 0.251 e. The zero-order valence-corrected chi connectivity index (χ0v) is 11.8. The van der Waals surface area contributed by atoms with Gasteiger partial charge in [-0.3, -0.25) is 4.79 Å². The van der Waals surface area contributed by atoms with Crippen molar-refractivity contribution in [3.05, 3.63) is 36.2 Å². The summed E-state index contributed by atoms with van der Waals surface area (Å²) in [5.74, 6) is -0.166. The summed E-state index contributed by atoms with van der Waals surface area (Å²) in [5, 5.41) is 13.6. The monoisotopic (exact) mass is 307 g/mol. The Morgan fingerprint density at radius 3 is 2.90 bits per heavy atom. The van der Waals surface area contributed by atoms with Crippen molar-refractivity contribution in [3.63, 3.8) is 0 Å². The van der Waals surface area contributed by atoms with Gasteiger partial charge in [-0.1, -0.05) is 6.07 Å². The lowest BCUT2D eigenvalue weighted by Crippen LogP contribution is -2.35. The predicted octanol–water partition coefficient (Wildman–Crippen LogP) is -0.421. The molecule has 1 atom stereocenters. The molecule has 0 bridgehead atoms. The van der Waals surface area contributed by atoms with Crippen LogP contribution in [0.2, 0.25) is 0 Å². The normalized spacial score (nSPS) is 20.3. The van der Waals surface area contributed by atoms with Crippen molar-refractivity contribution in [1.29, 1.82) is 0 Å². The van der Waals surface area contributed by atoms with Crippen molar-refractivity contribution < 1.29 is 13.2 Å². The SMILES string of the molecule is O=C(NC1CCS(=O)(=O)C1)c1cccc(-n2cnnn2)c1. The van der Waals surface area contributed by atoms with E-state index in [2.05, 4.69) is 20.8 Å². The van der Waals surface area contributed by atoms with Crippen LogP contribution < -0.4 is 5.32 Å². The largest absolute Gasteiger partial charge is 0.348 e. The standard InChI is InChI=1S/C12H13N5O3S/c18-12(14-10-4-5-21(19,20)7-10)9-2-1-3-11(6-9)17-8-13-15-16-17/h1-3,6,8,10H,4-5,7H2,(H,14,18). The summed E-state index contributed by atoms with van der Waals surface area (Å²) in [6, 6.07) is 6.48. The van der Waals surface area contributed by atoms with Crippen LogP contribution in [-0.2, 0) is 9.84 Å². The fourth-order valence-corrected chi connectivity index (χ4v) is 3.92. The molecule has 1 aliphatic heterocycles. The molecule has 8 nitrogen and oxygen atoms in total. The van der Waals surface area contributed by atoms with Gasteiger partial charge < -0.3 is 5.32 Å². The number of hydrogen-bond donors (Lipinski definition) is 1. The first-order valence-electron chi connectivity index (χ1n) is 6.38. The van der Waals surface area contributed by atoms with Crippen LogP contribution in [0.25, 0.3) is 5.69 Å². The second-order valence-electron chi connectivity index (χ2n) is 4.88. The topological polar surface area (TPSA) is 107 Å². The molecule has 3 rings (SSSR count). The fraction of sp³-hybridized carbons (Fsp3) is 0.333. The molecule has 9 heteroatoms. The maximum atomic E-state index is 12.2. The van der Waals surface area contributed by atoms with Crippen molar-refractivity contribution in [1.82, 2.24) is 25.5 Å². The number of carbonyl (C=O) groups excluding carboxylic acids is 1. The van der Waals surface area contributed by atoms with Crippen molar-refractivity contribution in [3.8, 4) is 5.69 Å². The van der Waals surface area contributed by atoms with Gasteiger partial charge in [-0.15, -0.1) is 5.10 Å². The highest BCUT2D eigenvalue weighted by Gasteiger charge is 2.29. The molecule has 21 heavy (non-hydrogen) atoms. The van der Waals surface area contributed by atoms with Crippen LogP contribution in [0.3, 0.4) is 0 Å². The lowest BCUT2D eigenvalue weighted by Gasteiger charge is -2.11. The van der Waals surface area contributed by atoms with Gasteiger partial charge in [0.05, 0.1) is 17.2 Å². The Kier molecular flexibility index (Phi) is 3.42. The van der Waals surface area contributed by atoms with Crippen LogP contribution in [0.15, 0.2) is 30.6 Å². The number of carbonyl (C=O) groups is 1. The van der Waals surface area contributed by atoms with Gasteiger partial charge >= 0.3 is 0 Å². The predicted molar refractivity (Wildman–Crippen MR) is 73.7 cm³/mol. The van der Waals surface area contributed by atoms with E-state index < -0.39 is 9.84 Å². The Bertz CT molecular complexity index is 757. The third-order valence-corrected chi connectivity index (χ3v) is 5.06. The molecule has 1 saturated heterocycles. The molecule has 2 heterocycles. The van der Waals surface area contributed by atoms with Crippen molar-refractivity contribution >= 4 is 15.7 Å². The number of nitrogens with zero attached hydrogens (tertiary/aromatic N) is 4. The summed E-state index contributed by atoms with van der Waals surface area (Å²) in [7, 11) is -3.01. The average molecular weight is 307 g/mol. The Balaban J connectivity index is 1.75. The zero-order chi connectivity index (χ0) is 14.9. The number of aromatic nitrogens is 4. The van der Waals surface area contributed by atoms with Gasteiger partial charge in [-0.25, -0.2) is 13.1 Å². The molecule has 1 aromatic heterocycles. The smallest absolute Gasteiger partial charge is 0.251 e. The van der Waals surface area contributed by atoms with Crippen molar-refractivity contribution in [2.75, 3.05) is 11.5 Å². The number of rotatable bonds is 3. The lowest BCUT2D eigenvalue weighted by molar-refractivity contribution is 0.0941. The zero-order valence-electron chi connectivity index (χ0n) is 11.0. The number of nitrogens with one attached hydrogen (secondary N) is 1. The van der Waals surface area contributed by atoms with Gasteiger partial charge in [0.2, 0.25) is 0 Å². The summed E-state index contributed by atoms with van der Waals surface area (Å²) in [4.78, 5) is 12.2. The summed E-state index contributed by atoms with van der Waals surface area (Å²) in [6.07, 6.45) is 1.89. The van der Waals surface area contributed by atoms with E-state index in [1.165, 1.54) is 11.0 Å². The van der Waals surface area contributed by atoms with Crippen molar-refractivity contribution in [2.24, 2.45) is 0 Å². The molecular weight excluding hydrogens is 294 g/mol. The van der Waals surface area contributed by atoms with E-state index in [4.69, 9.17) is 0 Å². The summed E-state index contributed by atoms with van der Waals surface area (Å²) >= 11 is 0. The van der Waals surface area contributed by atoms with Gasteiger partial charge in [0.1, 0.15) is 6.33 Å². The lowest BCUT2D eigenvalue weighted by atomic mass is 10.1. The molecule has 1 fully saturated rings. The number of benzene rings is 1. The highest BCUT2D eigenvalue weighted by Crippen LogP contribution is 2.13. The molecule has 1 aromatic carbocycles. The second-order valence-corrected chi connectivity index (χ2v) is 7.11. The molecule has 1 amide bonds. The molecule has 0 aliphatic carbocycles. The molecule has 2 aromatic rings. The highest BCUT2D eigenvalue weighted by atomic mass is 32.2. The van der Waals surface area contributed by atoms with E-state index in [0.717, 1.165) is 0 Å². The number of tetrazole rings is 1. The fourth-order valence-electron chi connectivity index (χ4n) is 2.25. The van der Waals surface area contributed by atoms with Crippen LogP contribution in [0.1, 0.15) is 16.8 Å². The number of amides is 1. The minimum absolute atomic E-state index is 0.00538. The van der Waals surface area contributed by atoms with E-state index in [9.17, 15) is 13.2 Å². The van der Waals surface area contributed by atoms with E-state index in [0.29, 0.717) is 17.7 Å². The van der Waals surface area contributed by atoms with Crippen molar-refractivity contribution in [2.45, 2.75) is 12.5 Å². The molecule has 110 valence electrons. The van der Waals surface area contributed by atoms with Gasteiger partial charge in [0, 0.05) is 11.6 Å². The van der Waals surface area contributed by atoms with E-state index in [1.807, 2.05) is 0 Å². The highest BCUT2D eigenvalue weighted by molar-refractivity contribution is 7.91. The molecule has 0 radical (unpaired) electrons. The number of hydrogen-bond acceptors (Lipinski definition) is 6. The Hall–Kier alpha value is -2.29. The van der Waals surface area contributed by atoms with E-state index in [1.54, 1.807) is 24.3 Å². The number of sulfone groups is 1. The van der Waals surface area contributed by atoms with Crippen LogP contribution in [0.4, 0.5) is 0 Å².